The number of anilines is 1. The monoisotopic (exact) mass is 488 g/mol. The summed E-state index contributed by atoms with van der Waals surface area (Å²) in [5, 5.41) is 2.81. The lowest BCUT2D eigenvalue weighted by atomic mass is 9.78. The van der Waals surface area contributed by atoms with Crippen LogP contribution < -0.4 is 10.1 Å². The molecule has 5 heterocycles. The van der Waals surface area contributed by atoms with E-state index >= 15 is 0 Å². The van der Waals surface area contributed by atoms with Gasteiger partial charge in [0.2, 0.25) is 5.88 Å². The number of pyridine rings is 5. The third-order valence-corrected chi connectivity index (χ3v) is 5.92. The van der Waals surface area contributed by atoms with Crippen molar-refractivity contribution in [3.63, 3.8) is 0 Å². The Labute approximate surface area is 214 Å². The van der Waals surface area contributed by atoms with Crippen molar-refractivity contribution in [2.24, 2.45) is 0 Å². The highest BCUT2D eigenvalue weighted by molar-refractivity contribution is 6.02. The van der Waals surface area contributed by atoms with Gasteiger partial charge in [-0.1, -0.05) is 30.3 Å². The molecule has 0 saturated carbocycles. The van der Waals surface area contributed by atoms with Crippen molar-refractivity contribution in [3.8, 4) is 5.88 Å². The first-order chi connectivity index (χ1) is 18.2. The number of nitrogens with one attached hydrogen (secondary N) is 1. The summed E-state index contributed by atoms with van der Waals surface area (Å²) >= 11 is 0. The Kier molecular flexibility index (Phi) is 7.17. The lowest BCUT2D eigenvalue weighted by molar-refractivity contribution is 0.102. The zero-order valence-corrected chi connectivity index (χ0v) is 20.1. The van der Waals surface area contributed by atoms with E-state index in [-0.39, 0.29) is 23.4 Å². The quantitative estimate of drug-likeness (QED) is 0.332. The zero-order valence-electron chi connectivity index (χ0n) is 20.1. The Hall–Kier alpha value is -4.98. The number of aromatic nitrogens is 5. The second-order valence-corrected chi connectivity index (χ2v) is 8.25. The normalized spacial score (nSPS) is 11.6. The molecule has 0 bridgehead atoms. The molecule has 8 nitrogen and oxygen atoms in total. The fourth-order valence-corrected chi connectivity index (χ4v) is 4.28. The van der Waals surface area contributed by atoms with Crippen molar-refractivity contribution in [2.75, 3.05) is 12.4 Å². The number of amides is 1. The number of ether oxygens (including phenoxy) is 1. The van der Waals surface area contributed by atoms with Crippen LogP contribution >= 0.6 is 0 Å². The number of carbonyl (C=O) groups is 1. The van der Waals surface area contributed by atoms with E-state index in [1.165, 1.54) is 0 Å². The predicted octanol–water partition coefficient (Wildman–Crippen LogP) is 4.89. The third kappa shape index (κ3) is 5.48. The van der Waals surface area contributed by atoms with Gasteiger partial charge in [-0.3, -0.25) is 14.8 Å². The minimum absolute atomic E-state index is 0.233. The Balaban J connectivity index is 1.64. The molecule has 0 aliphatic rings. The third-order valence-electron chi connectivity index (χ3n) is 5.92. The Morgan fingerprint density at radius 1 is 0.730 bits per heavy atom. The minimum atomic E-state index is -0.369. The maximum absolute atomic E-state index is 13.1. The summed E-state index contributed by atoms with van der Waals surface area (Å²) in [4.78, 5) is 35.6. The van der Waals surface area contributed by atoms with Crippen LogP contribution in [-0.4, -0.2) is 37.9 Å². The lowest BCUT2D eigenvalue weighted by Crippen LogP contribution is -2.20. The van der Waals surface area contributed by atoms with Crippen LogP contribution in [-0.2, 0) is 0 Å². The standard InChI is InChI=1S/C29H24N6O2/c1-37-26-14-5-11-23(34-26)28(27(20-8-6-15-30-18-20)21-9-7-16-31-19-21)22-10-4-12-24(33-22)29(36)35-25-13-2-3-17-32-25/h2-19,27-28H,1H3,(H,32,35,36). The van der Waals surface area contributed by atoms with Crippen molar-refractivity contribution in [1.82, 2.24) is 24.9 Å². The smallest absolute Gasteiger partial charge is 0.275 e. The highest BCUT2D eigenvalue weighted by atomic mass is 16.5. The van der Waals surface area contributed by atoms with Crippen LogP contribution in [0.1, 0.15) is 44.8 Å². The second-order valence-electron chi connectivity index (χ2n) is 8.25. The van der Waals surface area contributed by atoms with Gasteiger partial charge in [-0.05, 0) is 53.6 Å². The van der Waals surface area contributed by atoms with Crippen LogP contribution in [0, 0.1) is 0 Å². The Morgan fingerprint density at radius 3 is 2.05 bits per heavy atom. The van der Waals surface area contributed by atoms with Gasteiger partial charge in [0.15, 0.2) is 0 Å². The van der Waals surface area contributed by atoms with E-state index in [0.717, 1.165) is 16.8 Å². The number of carbonyl (C=O) groups excluding carboxylic acids is 1. The molecule has 5 aromatic rings. The molecular formula is C29H24N6O2. The SMILES string of the molecule is COc1cccc(C(c2cccc(C(=O)Nc3ccccn3)n2)C(c2cccnc2)c2cccnc2)n1. The first-order valence-electron chi connectivity index (χ1n) is 11.7. The van der Waals surface area contributed by atoms with E-state index in [9.17, 15) is 4.79 Å². The molecule has 0 fully saturated rings. The van der Waals surface area contributed by atoms with E-state index in [1.54, 1.807) is 50.0 Å². The molecule has 1 atom stereocenters. The van der Waals surface area contributed by atoms with Crippen molar-refractivity contribution in [1.29, 1.82) is 0 Å². The van der Waals surface area contributed by atoms with Crippen LogP contribution in [0.15, 0.2) is 110 Å². The van der Waals surface area contributed by atoms with Crippen LogP contribution in [0.3, 0.4) is 0 Å². The van der Waals surface area contributed by atoms with Gasteiger partial charge in [0.25, 0.3) is 5.91 Å². The molecular weight excluding hydrogens is 464 g/mol. The molecule has 5 rings (SSSR count). The number of hydrogen-bond acceptors (Lipinski definition) is 7. The van der Waals surface area contributed by atoms with Crippen LogP contribution in [0.5, 0.6) is 5.88 Å². The summed E-state index contributed by atoms with van der Waals surface area (Å²) in [7, 11) is 1.58. The highest BCUT2D eigenvalue weighted by Crippen LogP contribution is 2.41. The van der Waals surface area contributed by atoms with E-state index < -0.39 is 0 Å². The molecule has 1 unspecified atom stereocenters. The molecule has 182 valence electrons. The molecule has 0 aliphatic heterocycles. The van der Waals surface area contributed by atoms with Gasteiger partial charge in [0.1, 0.15) is 11.5 Å². The fourth-order valence-electron chi connectivity index (χ4n) is 4.28. The molecule has 0 aliphatic carbocycles. The van der Waals surface area contributed by atoms with Gasteiger partial charge in [-0.15, -0.1) is 0 Å². The van der Waals surface area contributed by atoms with Crippen molar-refractivity contribution < 1.29 is 9.53 Å². The average Bonchev–Trinajstić information content (AvgIpc) is 2.97. The molecule has 37 heavy (non-hydrogen) atoms. The van der Waals surface area contributed by atoms with Crippen LogP contribution in [0.25, 0.3) is 0 Å². The molecule has 0 spiro atoms. The van der Waals surface area contributed by atoms with Crippen LogP contribution in [0.4, 0.5) is 5.82 Å². The molecule has 5 aromatic heterocycles. The number of hydrogen-bond donors (Lipinski definition) is 1. The summed E-state index contributed by atoms with van der Waals surface area (Å²) in [5.74, 6) is -0.0103. The number of nitrogens with zero attached hydrogens (tertiary/aromatic N) is 5. The number of rotatable bonds is 8. The zero-order chi connectivity index (χ0) is 25.5. The van der Waals surface area contributed by atoms with E-state index in [4.69, 9.17) is 14.7 Å². The molecule has 0 aromatic carbocycles. The summed E-state index contributed by atoms with van der Waals surface area (Å²) in [6.45, 7) is 0. The highest BCUT2D eigenvalue weighted by Gasteiger charge is 2.31. The summed E-state index contributed by atoms with van der Waals surface area (Å²) in [6, 6.07) is 24.2. The number of methoxy groups -OCH3 is 1. The molecule has 8 heteroatoms. The minimum Gasteiger partial charge on any atom is -0.481 e. The molecule has 1 amide bonds. The Morgan fingerprint density at radius 2 is 1.43 bits per heavy atom. The topological polar surface area (TPSA) is 103 Å². The first-order valence-corrected chi connectivity index (χ1v) is 11.7. The second kappa shape index (κ2) is 11.2. The average molecular weight is 489 g/mol. The van der Waals surface area contributed by atoms with Gasteiger partial charge >= 0.3 is 0 Å². The van der Waals surface area contributed by atoms with Gasteiger partial charge < -0.3 is 10.1 Å². The van der Waals surface area contributed by atoms with E-state index in [1.807, 2.05) is 67.0 Å². The maximum atomic E-state index is 13.1. The summed E-state index contributed by atoms with van der Waals surface area (Å²) in [6.07, 6.45) is 8.77. The molecule has 1 N–H and O–H groups in total. The summed E-state index contributed by atoms with van der Waals surface area (Å²) in [5.41, 5.74) is 3.62. The molecule has 0 radical (unpaired) electrons. The van der Waals surface area contributed by atoms with E-state index in [2.05, 4.69) is 20.3 Å². The van der Waals surface area contributed by atoms with Crippen molar-refractivity contribution in [3.05, 3.63) is 138 Å². The van der Waals surface area contributed by atoms with Gasteiger partial charge in [0.05, 0.1) is 24.4 Å². The largest absolute Gasteiger partial charge is 0.481 e. The van der Waals surface area contributed by atoms with Gasteiger partial charge in [-0.2, -0.15) is 0 Å². The van der Waals surface area contributed by atoms with Crippen molar-refractivity contribution in [2.45, 2.75) is 11.8 Å². The predicted molar refractivity (Wildman–Crippen MR) is 139 cm³/mol. The van der Waals surface area contributed by atoms with Gasteiger partial charge in [-0.25, -0.2) is 15.0 Å². The molecule has 0 saturated heterocycles. The lowest BCUT2D eigenvalue weighted by Gasteiger charge is -2.27. The Bertz CT molecular complexity index is 1430. The van der Waals surface area contributed by atoms with Crippen molar-refractivity contribution >= 4 is 11.7 Å². The van der Waals surface area contributed by atoms with Gasteiger partial charge in [0, 0.05) is 43.0 Å². The maximum Gasteiger partial charge on any atom is 0.275 e. The van der Waals surface area contributed by atoms with E-state index in [0.29, 0.717) is 17.4 Å². The first kappa shape index (κ1) is 23.7. The van der Waals surface area contributed by atoms with Crippen LogP contribution in [0.2, 0.25) is 0 Å². The summed E-state index contributed by atoms with van der Waals surface area (Å²) < 4.78 is 5.43. The fraction of sp³-hybridized carbons (Fsp3) is 0.103.